The normalized spacial score (nSPS) is 28.6. The SMILES string of the molecule is CCN1CC(NC2CCCCC2)CC(c2ccccc2)C1. The smallest absolute Gasteiger partial charge is 0.0203 e. The van der Waals surface area contributed by atoms with Crippen LogP contribution in [0.25, 0.3) is 0 Å². The van der Waals surface area contributed by atoms with E-state index in [0.29, 0.717) is 12.0 Å². The lowest BCUT2D eigenvalue weighted by atomic mass is 9.86. The first kappa shape index (κ1) is 15.1. The number of nitrogens with zero attached hydrogens (tertiary/aromatic N) is 1. The molecule has 0 aromatic heterocycles. The molecular formula is C19H30N2. The summed E-state index contributed by atoms with van der Waals surface area (Å²) >= 11 is 0. The number of hydrogen-bond acceptors (Lipinski definition) is 2. The zero-order valence-corrected chi connectivity index (χ0v) is 13.4. The van der Waals surface area contributed by atoms with Gasteiger partial charge in [0.15, 0.2) is 0 Å². The zero-order valence-electron chi connectivity index (χ0n) is 13.4. The van der Waals surface area contributed by atoms with Gasteiger partial charge in [0, 0.05) is 25.2 Å². The van der Waals surface area contributed by atoms with Crippen molar-refractivity contribution in [3.8, 4) is 0 Å². The van der Waals surface area contributed by atoms with Gasteiger partial charge in [-0.2, -0.15) is 0 Å². The largest absolute Gasteiger partial charge is 0.310 e. The van der Waals surface area contributed by atoms with Gasteiger partial charge in [0.1, 0.15) is 0 Å². The van der Waals surface area contributed by atoms with Crippen LogP contribution >= 0.6 is 0 Å². The van der Waals surface area contributed by atoms with Gasteiger partial charge < -0.3 is 10.2 Å². The maximum absolute atomic E-state index is 3.98. The van der Waals surface area contributed by atoms with Gasteiger partial charge >= 0.3 is 0 Å². The van der Waals surface area contributed by atoms with E-state index in [4.69, 9.17) is 0 Å². The van der Waals surface area contributed by atoms with Gasteiger partial charge in [-0.1, -0.05) is 56.5 Å². The molecule has 1 aliphatic heterocycles. The van der Waals surface area contributed by atoms with Gasteiger partial charge in [0.05, 0.1) is 0 Å². The Labute approximate surface area is 129 Å². The highest BCUT2D eigenvalue weighted by molar-refractivity contribution is 5.21. The molecule has 0 amide bonds. The lowest BCUT2D eigenvalue weighted by molar-refractivity contribution is 0.164. The highest BCUT2D eigenvalue weighted by Crippen LogP contribution is 2.28. The average Bonchev–Trinajstić information content (AvgIpc) is 2.56. The highest BCUT2D eigenvalue weighted by atomic mass is 15.2. The third kappa shape index (κ3) is 4.08. The third-order valence-electron chi connectivity index (χ3n) is 5.32. The monoisotopic (exact) mass is 286 g/mol. The summed E-state index contributed by atoms with van der Waals surface area (Å²) in [5.74, 6) is 0.695. The summed E-state index contributed by atoms with van der Waals surface area (Å²) in [6, 6.07) is 12.6. The lowest BCUT2D eigenvalue weighted by Crippen LogP contribution is -2.51. The van der Waals surface area contributed by atoms with Gasteiger partial charge in [-0.25, -0.2) is 0 Å². The molecule has 21 heavy (non-hydrogen) atoms. The molecule has 0 spiro atoms. The zero-order chi connectivity index (χ0) is 14.5. The van der Waals surface area contributed by atoms with Crippen LogP contribution in [0.3, 0.4) is 0 Å². The number of likely N-dealkylation sites (tertiary alicyclic amines) is 1. The lowest BCUT2D eigenvalue weighted by Gasteiger charge is -2.40. The Balaban J connectivity index is 1.63. The maximum atomic E-state index is 3.98. The van der Waals surface area contributed by atoms with E-state index in [0.717, 1.165) is 6.04 Å². The summed E-state index contributed by atoms with van der Waals surface area (Å²) in [6.07, 6.45) is 8.36. The van der Waals surface area contributed by atoms with Crippen LogP contribution < -0.4 is 5.32 Å². The van der Waals surface area contributed by atoms with Gasteiger partial charge in [-0.3, -0.25) is 0 Å². The molecule has 2 fully saturated rings. The van der Waals surface area contributed by atoms with Crippen molar-refractivity contribution in [1.82, 2.24) is 10.2 Å². The molecule has 3 rings (SSSR count). The van der Waals surface area contributed by atoms with Crippen molar-refractivity contribution in [2.24, 2.45) is 0 Å². The molecule has 0 radical (unpaired) electrons. The van der Waals surface area contributed by atoms with Crippen molar-refractivity contribution in [3.63, 3.8) is 0 Å². The number of rotatable bonds is 4. The summed E-state index contributed by atoms with van der Waals surface area (Å²) in [4.78, 5) is 2.63. The van der Waals surface area contributed by atoms with E-state index >= 15 is 0 Å². The van der Waals surface area contributed by atoms with Gasteiger partial charge in [-0.05, 0) is 37.3 Å². The first-order valence-electron chi connectivity index (χ1n) is 8.88. The van der Waals surface area contributed by atoms with Crippen molar-refractivity contribution < 1.29 is 0 Å². The van der Waals surface area contributed by atoms with Crippen molar-refractivity contribution in [3.05, 3.63) is 35.9 Å². The Kier molecular flexibility index (Phi) is 5.32. The first-order chi connectivity index (χ1) is 10.3. The Morgan fingerprint density at radius 3 is 2.48 bits per heavy atom. The number of nitrogens with one attached hydrogen (secondary N) is 1. The van der Waals surface area contributed by atoms with Crippen molar-refractivity contribution in [1.29, 1.82) is 0 Å². The van der Waals surface area contributed by atoms with Gasteiger partial charge in [0.25, 0.3) is 0 Å². The minimum absolute atomic E-state index is 0.673. The fraction of sp³-hybridized carbons (Fsp3) is 0.684. The summed E-state index contributed by atoms with van der Waals surface area (Å²) in [5, 5.41) is 3.98. The minimum Gasteiger partial charge on any atom is -0.310 e. The van der Waals surface area contributed by atoms with Crippen LogP contribution in [-0.2, 0) is 0 Å². The molecule has 2 heteroatoms. The van der Waals surface area contributed by atoms with Gasteiger partial charge in [-0.15, -0.1) is 0 Å². The quantitative estimate of drug-likeness (QED) is 0.906. The first-order valence-corrected chi connectivity index (χ1v) is 8.88. The molecule has 2 aliphatic rings. The fourth-order valence-electron chi connectivity index (χ4n) is 4.14. The second kappa shape index (κ2) is 7.42. The average molecular weight is 286 g/mol. The van der Waals surface area contributed by atoms with E-state index in [-0.39, 0.29) is 0 Å². The number of hydrogen-bond donors (Lipinski definition) is 1. The molecule has 1 aliphatic carbocycles. The van der Waals surface area contributed by atoms with Crippen LogP contribution in [0, 0.1) is 0 Å². The Hall–Kier alpha value is -0.860. The molecular weight excluding hydrogens is 256 g/mol. The molecule has 1 N–H and O–H groups in total. The summed E-state index contributed by atoms with van der Waals surface area (Å²) in [7, 11) is 0. The highest BCUT2D eigenvalue weighted by Gasteiger charge is 2.29. The van der Waals surface area contributed by atoms with Gasteiger partial charge in [0.2, 0.25) is 0 Å². The summed E-state index contributed by atoms with van der Waals surface area (Å²) in [5.41, 5.74) is 1.52. The fourth-order valence-corrected chi connectivity index (χ4v) is 4.14. The van der Waals surface area contributed by atoms with Crippen molar-refractivity contribution in [2.45, 2.75) is 63.5 Å². The molecule has 2 unspecified atom stereocenters. The topological polar surface area (TPSA) is 15.3 Å². The van der Waals surface area contributed by atoms with E-state index < -0.39 is 0 Å². The number of piperidine rings is 1. The van der Waals surface area contributed by atoms with E-state index in [2.05, 4.69) is 47.5 Å². The van der Waals surface area contributed by atoms with Crippen molar-refractivity contribution in [2.75, 3.05) is 19.6 Å². The van der Waals surface area contributed by atoms with Crippen LogP contribution in [0.1, 0.15) is 56.9 Å². The van der Waals surface area contributed by atoms with E-state index in [9.17, 15) is 0 Å². The molecule has 0 bridgehead atoms. The van der Waals surface area contributed by atoms with Crippen LogP contribution in [0.2, 0.25) is 0 Å². The van der Waals surface area contributed by atoms with Crippen molar-refractivity contribution >= 4 is 0 Å². The van der Waals surface area contributed by atoms with E-state index in [1.54, 1.807) is 0 Å². The molecule has 116 valence electrons. The Morgan fingerprint density at radius 1 is 1.00 bits per heavy atom. The second-order valence-electron chi connectivity index (χ2n) is 6.89. The maximum Gasteiger partial charge on any atom is 0.0203 e. The third-order valence-corrected chi connectivity index (χ3v) is 5.32. The standard InChI is InChI=1S/C19H30N2/c1-2-21-14-17(16-9-5-3-6-10-16)13-19(15-21)20-18-11-7-4-8-12-18/h3,5-6,9-10,17-20H,2,4,7-8,11-15H2,1H3. The van der Waals surface area contributed by atoms with E-state index in [1.807, 2.05) is 0 Å². The number of likely N-dealkylation sites (N-methyl/N-ethyl adjacent to an activating group) is 1. The molecule has 1 aromatic rings. The second-order valence-corrected chi connectivity index (χ2v) is 6.89. The van der Waals surface area contributed by atoms with Crippen LogP contribution in [0.15, 0.2) is 30.3 Å². The summed E-state index contributed by atoms with van der Waals surface area (Å²) < 4.78 is 0. The number of benzene rings is 1. The van der Waals surface area contributed by atoms with Crippen LogP contribution in [0.5, 0.6) is 0 Å². The van der Waals surface area contributed by atoms with Crippen LogP contribution in [0.4, 0.5) is 0 Å². The predicted molar refractivity (Wildman–Crippen MR) is 89.7 cm³/mol. The molecule has 1 saturated carbocycles. The molecule has 2 nitrogen and oxygen atoms in total. The summed E-state index contributed by atoms with van der Waals surface area (Å²) in [6.45, 7) is 5.93. The Bertz CT molecular complexity index is 411. The van der Waals surface area contributed by atoms with E-state index in [1.165, 1.54) is 63.7 Å². The molecule has 1 saturated heterocycles. The minimum atomic E-state index is 0.673. The molecule has 1 heterocycles. The molecule has 1 aromatic carbocycles. The van der Waals surface area contributed by atoms with Crippen LogP contribution in [-0.4, -0.2) is 36.6 Å². The predicted octanol–water partition coefficient (Wildman–Crippen LogP) is 3.79. The molecule has 2 atom stereocenters. The Morgan fingerprint density at radius 2 is 1.76 bits per heavy atom.